The van der Waals surface area contributed by atoms with Crippen molar-refractivity contribution in [1.82, 2.24) is 19.4 Å². The number of aromatic nitrogens is 3. The van der Waals surface area contributed by atoms with E-state index in [9.17, 15) is 14.4 Å². The van der Waals surface area contributed by atoms with E-state index in [1.54, 1.807) is 33.7 Å². The second-order valence-corrected chi connectivity index (χ2v) is 12.3. The fourth-order valence-electron chi connectivity index (χ4n) is 5.75. The molecule has 8 nitrogen and oxygen atoms in total. The van der Waals surface area contributed by atoms with Crippen LogP contribution >= 0.6 is 34.7 Å². The number of thiophene rings is 1. The fraction of sp³-hybridized carbons (Fsp3) is 0.458. The minimum atomic E-state index is -0.462. The van der Waals surface area contributed by atoms with Crippen molar-refractivity contribution in [3.05, 3.63) is 43.9 Å². The number of halogens is 1. The molecule has 180 valence electrons. The number of nitrogens with zero attached hydrogens (tertiary/aromatic N) is 4. The Balaban J connectivity index is 1.27. The van der Waals surface area contributed by atoms with Gasteiger partial charge in [-0.25, -0.2) is 9.97 Å². The molecule has 4 aliphatic rings. The topological polar surface area (TPSA) is 97.2 Å². The number of hydrogen-bond donors (Lipinski definition) is 1. The molecular formula is C24H22ClN5O3S2. The second kappa shape index (κ2) is 7.78. The smallest absolute Gasteiger partial charge is 0.275 e. The molecule has 0 saturated carbocycles. The zero-order chi connectivity index (χ0) is 23.9. The number of aryl methyl sites for hydroxylation is 1. The number of nitrogens with one attached hydrogen (secondary N) is 1. The van der Waals surface area contributed by atoms with E-state index >= 15 is 0 Å². The van der Waals surface area contributed by atoms with Crippen molar-refractivity contribution in [1.29, 1.82) is 0 Å². The Bertz CT molecular complexity index is 1490. The van der Waals surface area contributed by atoms with Crippen LogP contribution in [0.1, 0.15) is 40.2 Å². The summed E-state index contributed by atoms with van der Waals surface area (Å²) in [5, 5.41) is 4.44. The van der Waals surface area contributed by atoms with E-state index in [1.807, 2.05) is 4.90 Å². The number of thioether (sulfide) groups is 1. The number of carbonyl (C=O) groups is 2. The number of Topliss-reactive ketones (excluding diaryl/α,β-unsaturated/α-hetero) is 1. The number of carbonyl (C=O) groups excluding carboxylic acids is 2. The van der Waals surface area contributed by atoms with Crippen LogP contribution in [0.3, 0.4) is 0 Å². The molecule has 0 aromatic carbocycles. The van der Waals surface area contributed by atoms with Gasteiger partial charge in [-0.2, -0.15) is 11.8 Å². The van der Waals surface area contributed by atoms with Crippen LogP contribution in [-0.4, -0.2) is 55.7 Å². The van der Waals surface area contributed by atoms with Crippen LogP contribution in [-0.2, 0) is 23.2 Å². The van der Waals surface area contributed by atoms with Crippen LogP contribution < -0.4 is 10.9 Å². The molecule has 7 rings (SSSR count). The first-order valence-corrected chi connectivity index (χ1v) is 14.2. The summed E-state index contributed by atoms with van der Waals surface area (Å²) in [5.74, 6) is 2.25. The molecule has 1 atom stereocenters. The molecule has 6 heterocycles. The van der Waals surface area contributed by atoms with Gasteiger partial charge in [-0.05, 0) is 37.3 Å². The van der Waals surface area contributed by atoms with Gasteiger partial charge in [-0.3, -0.25) is 19.0 Å². The molecule has 1 N–H and O–H groups in total. The summed E-state index contributed by atoms with van der Waals surface area (Å²) in [5.41, 5.74) is 1.09. The second-order valence-electron chi connectivity index (χ2n) is 9.86. The molecule has 1 aliphatic carbocycles. The minimum Gasteiger partial charge on any atom is -0.342 e. The quantitative estimate of drug-likeness (QED) is 0.555. The lowest BCUT2D eigenvalue weighted by molar-refractivity contribution is -0.139. The van der Waals surface area contributed by atoms with Gasteiger partial charge in [0.15, 0.2) is 5.78 Å². The summed E-state index contributed by atoms with van der Waals surface area (Å²) in [6.07, 6.45) is 5.22. The van der Waals surface area contributed by atoms with Gasteiger partial charge >= 0.3 is 0 Å². The van der Waals surface area contributed by atoms with Crippen LogP contribution in [0.5, 0.6) is 0 Å². The number of rotatable bonds is 3. The van der Waals surface area contributed by atoms with E-state index in [0.717, 1.165) is 66.1 Å². The Kier molecular flexibility index (Phi) is 4.85. The predicted molar refractivity (Wildman–Crippen MR) is 137 cm³/mol. The van der Waals surface area contributed by atoms with Gasteiger partial charge in [0.1, 0.15) is 28.4 Å². The van der Waals surface area contributed by atoms with E-state index in [0.29, 0.717) is 23.6 Å². The monoisotopic (exact) mass is 527 g/mol. The Hall–Kier alpha value is -2.43. The highest BCUT2D eigenvalue weighted by Gasteiger charge is 2.50. The molecule has 3 aromatic heterocycles. The summed E-state index contributed by atoms with van der Waals surface area (Å²) in [6, 6.07) is 1.55. The molecule has 35 heavy (non-hydrogen) atoms. The molecule has 1 amide bonds. The van der Waals surface area contributed by atoms with E-state index in [1.165, 1.54) is 11.2 Å². The largest absolute Gasteiger partial charge is 0.342 e. The highest BCUT2D eigenvalue weighted by Crippen LogP contribution is 2.46. The first kappa shape index (κ1) is 21.8. The Morgan fingerprint density at radius 3 is 2.77 bits per heavy atom. The zero-order valence-electron chi connectivity index (χ0n) is 18.8. The van der Waals surface area contributed by atoms with Crippen molar-refractivity contribution in [3.8, 4) is 0 Å². The fourth-order valence-corrected chi connectivity index (χ4v) is 8.46. The standard InChI is InChI=1S/C24H22ClN5O3S2/c25-14-7-15(23(33)30-19(14)16(31)8-24(30)9-34-10-24)28-20-18-13-3-2-12(22(32)29-4-1-5-29)6-17(13)35-21(18)27-11-26-20/h7,11-12H,1-6,8-10H2,(H,26,27,28)/t12-/m0/s1. The van der Waals surface area contributed by atoms with Crippen molar-refractivity contribution >= 4 is 68.1 Å². The normalized spacial score (nSPS) is 22.0. The van der Waals surface area contributed by atoms with Crippen molar-refractivity contribution in [3.63, 3.8) is 0 Å². The molecule has 3 aromatic rings. The number of fused-ring (bicyclic) bond motifs is 5. The maximum atomic E-state index is 13.5. The summed E-state index contributed by atoms with van der Waals surface area (Å²) < 4.78 is 1.62. The van der Waals surface area contributed by atoms with Gasteiger partial charge < -0.3 is 10.2 Å². The molecule has 2 saturated heterocycles. The van der Waals surface area contributed by atoms with Crippen LogP contribution in [0.15, 0.2) is 17.2 Å². The number of anilines is 2. The summed E-state index contributed by atoms with van der Waals surface area (Å²) in [4.78, 5) is 51.9. The number of pyridine rings is 1. The lowest BCUT2D eigenvalue weighted by Gasteiger charge is -2.38. The average Bonchev–Trinajstić information content (AvgIpc) is 3.31. The number of ketones is 1. The lowest BCUT2D eigenvalue weighted by Crippen LogP contribution is -2.48. The maximum absolute atomic E-state index is 13.5. The third-order valence-electron chi connectivity index (χ3n) is 7.74. The van der Waals surface area contributed by atoms with E-state index in [-0.39, 0.29) is 28.2 Å². The van der Waals surface area contributed by atoms with Gasteiger partial charge in [0, 0.05) is 41.8 Å². The molecule has 0 bridgehead atoms. The molecule has 3 aliphatic heterocycles. The first-order chi connectivity index (χ1) is 16.9. The highest BCUT2D eigenvalue weighted by molar-refractivity contribution is 8.00. The van der Waals surface area contributed by atoms with E-state index < -0.39 is 5.54 Å². The molecule has 2 fully saturated rings. The van der Waals surface area contributed by atoms with Gasteiger partial charge in [0.25, 0.3) is 5.56 Å². The van der Waals surface area contributed by atoms with Crippen molar-refractivity contribution in [2.24, 2.45) is 5.92 Å². The zero-order valence-corrected chi connectivity index (χ0v) is 21.2. The molecular weight excluding hydrogens is 506 g/mol. The van der Waals surface area contributed by atoms with Crippen LogP contribution in [0.25, 0.3) is 10.2 Å². The van der Waals surface area contributed by atoms with E-state index in [4.69, 9.17) is 11.6 Å². The summed E-state index contributed by atoms with van der Waals surface area (Å²) in [6.45, 7) is 1.75. The van der Waals surface area contributed by atoms with Crippen LogP contribution in [0.2, 0.25) is 5.02 Å². The van der Waals surface area contributed by atoms with Gasteiger partial charge in [-0.1, -0.05) is 11.6 Å². The number of likely N-dealkylation sites (tertiary alicyclic amines) is 1. The van der Waals surface area contributed by atoms with Gasteiger partial charge in [0.2, 0.25) is 5.91 Å². The molecule has 0 unspecified atom stereocenters. The van der Waals surface area contributed by atoms with Crippen LogP contribution in [0, 0.1) is 5.92 Å². The SMILES string of the molecule is O=C1CC2(CSC2)n2c1c(Cl)cc(Nc1ncnc3sc4c(c13)CC[C@H](C(=O)N1CCC1)C4)c2=O. The van der Waals surface area contributed by atoms with Gasteiger partial charge in [0.05, 0.1) is 15.9 Å². The van der Waals surface area contributed by atoms with Crippen molar-refractivity contribution in [2.75, 3.05) is 29.9 Å². The molecule has 11 heteroatoms. The van der Waals surface area contributed by atoms with Gasteiger partial charge in [-0.15, -0.1) is 11.3 Å². The lowest BCUT2D eigenvalue weighted by atomic mass is 9.86. The Morgan fingerprint density at radius 1 is 1.23 bits per heavy atom. The van der Waals surface area contributed by atoms with Crippen molar-refractivity contribution < 1.29 is 9.59 Å². The van der Waals surface area contributed by atoms with E-state index in [2.05, 4.69) is 15.3 Å². The molecule has 0 radical (unpaired) electrons. The third kappa shape index (κ3) is 3.15. The molecule has 1 spiro atoms. The minimum absolute atomic E-state index is 0.0227. The third-order valence-corrected chi connectivity index (χ3v) is 10.7. The van der Waals surface area contributed by atoms with Crippen LogP contribution in [0.4, 0.5) is 11.5 Å². The Labute approximate surface area is 214 Å². The number of hydrogen-bond acceptors (Lipinski definition) is 8. The number of amides is 1. The Morgan fingerprint density at radius 2 is 2.06 bits per heavy atom. The first-order valence-electron chi connectivity index (χ1n) is 11.8. The summed E-state index contributed by atoms with van der Waals surface area (Å²) in [7, 11) is 0. The van der Waals surface area contributed by atoms with Crippen molar-refractivity contribution in [2.45, 2.75) is 37.6 Å². The maximum Gasteiger partial charge on any atom is 0.275 e. The highest BCUT2D eigenvalue weighted by atomic mass is 35.5. The average molecular weight is 528 g/mol. The predicted octanol–water partition coefficient (Wildman–Crippen LogP) is 3.62. The summed E-state index contributed by atoms with van der Waals surface area (Å²) >= 11 is 9.86.